The summed E-state index contributed by atoms with van der Waals surface area (Å²) in [5.41, 5.74) is 0.655. The molecule has 0 radical (unpaired) electrons. The van der Waals surface area contributed by atoms with Crippen molar-refractivity contribution in [2.45, 2.75) is 42.8 Å². The molecule has 0 aromatic heterocycles. The summed E-state index contributed by atoms with van der Waals surface area (Å²) >= 11 is 0. The third-order valence-corrected chi connectivity index (χ3v) is 10.3. The van der Waals surface area contributed by atoms with Crippen molar-refractivity contribution in [3.05, 3.63) is 59.7 Å². The Morgan fingerprint density at radius 3 is 1.89 bits per heavy atom. The first-order valence-corrected chi connectivity index (χ1v) is 14.9. The number of sulfonamides is 2. The van der Waals surface area contributed by atoms with Gasteiger partial charge in [-0.25, -0.2) is 16.8 Å². The van der Waals surface area contributed by atoms with Gasteiger partial charge in [-0.1, -0.05) is 18.2 Å². The standard InChI is InChI=1S/C25H31N3O7S2/c1-18-16-28(17-19(2)35-18)37(33,34)24-6-4-5-22(15-24)25(30)26-11-13-27(14-12-26)36(31,32)23-9-7-21(8-10-23)20(3)29/h4-10,15,18-19H,11-14,16-17H2,1-3H3/t18-,19-/m0/s1. The van der Waals surface area contributed by atoms with Crippen LogP contribution in [0.3, 0.4) is 0 Å². The minimum absolute atomic E-state index is 0.0369. The van der Waals surface area contributed by atoms with E-state index in [0.29, 0.717) is 5.56 Å². The normalized spacial score (nSPS) is 22.1. The van der Waals surface area contributed by atoms with E-state index in [-0.39, 0.29) is 78.5 Å². The Kier molecular flexibility index (Phi) is 7.86. The molecule has 2 aromatic rings. The Bertz CT molecular complexity index is 1370. The lowest BCUT2D eigenvalue weighted by atomic mass is 10.2. The van der Waals surface area contributed by atoms with Crippen LogP contribution in [0, 0.1) is 0 Å². The van der Waals surface area contributed by atoms with Crippen LogP contribution in [0.25, 0.3) is 0 Å². The number of piperazine rings is 1. The van der Waals surface area contributed by atoms with Crippen LogP contribution in [0.4, 0.5) is 0 Å². The molecule has 0 aliphatic carbocycles. The zero-order chi connectivity index (χ0) is 27.0. The van der Waals surface area contributed by atoms with Crippen molar-refractivity contribution >= 4 is 31.7 Å². The third kappa shape index (κ3) is 5.78. The molecular weight excluding hydrogens is 518 g/mol. The van der Waals surface area contributed by atoms with Gasteiger partial charge in [0.2, 0.25) is 20.0 Å². The molecule has 2 aromatic carbocycles. The predicted octanol–water partition coefficient (Wildman–Crippen LogP) is 1.83. The third-order valence-electron chi connectivity index (χ3n) is 6.53. The Hall–Kier alpha value is -2.64. The van der Waals surface area contributed by atoms with Crippen molar-refractivity contribution in [3.8, 4) is 0 Å². The van der Waals surface area contributed by atoms with E-state index in [4.69, 9.17) is 4.74 Å². The van der Waals surface area contributed by atoms with Gasteiger partial charge in [0.1, 0.15) is 0 Å². The van der Waals surface area contributed by atoms with E-state index in [9.17, 15) is 26.4 Å². The lowest BCUT2D eigenvalue weighted by Crippen LogP contribution is -2.50. The maximum atomic E-state index is 13.2. The molecule has 12 heteroatoms. The number of morpholine rings is 1. The summed E-state index contributed by atoms with van der Waals surface area (Å²) in [4.78, 5) is 26.3. The number of carbonyl (C=O) groups is 2. The van der Waals surface area contributed by atoms with Gasteiger partial charge in [0.05, 0.1) is 22.0 Å². The Morgan fingerprint density at radius 2 is 1.32 bits per heavy atom. The quantitative estimate of drug-likeness (QED) is 0.504. The summed E-state index contributed by atoms with van der Waals surface area (Å²) in [6, 6.07) is 11.7. The first-order chi connectivity index (χ1) is 17.4. The molecule has 2 aliphatic rings. The monoisotopic (exact) mass is 549 g/mol. The van der Waals surface area contributed by atoms with E-state index in [1.165, 1.54) is 56.8 Å². The molecule has 4 rings (SSSR count). The van der Waals surface area contributed by atoms with Crippen molar-refractivity contribution in [3.63, 3.8) is 0 Å². The fourth-order valence-electron chi connectivity index (χ4n) is 4.59. The molecule has 2 aliphatic heterocycles. The van der Waals surface area contributed by atoms with Gasteiger partial charge in [-0.15, -0.1) is 0 Å². The minimum Gasteiger partial charge on any atom is -0.373 e. The van der Waals surface area contributed by atoms with E-state index in [0.717, 1.165) is 0 Å². The van der Waals surface area contributed by atoms with Gasteiger partial charge in [-0.2, -0.15) is 8.61 Å². The molecule has 0 bridgehead atoms. The van der Waals surface area contributed by atoms with E-state index in [2.05, 4.69) is 0 Å². The summed E-state index contributed by atoms with van der Waals surface area (Å²) in [5, 5.41) is 0. The van der Waals surface area contributed by atoms with Crippen molar-refractivity contribution in [1.29, 1.82) is 0 Å². The summed E-state index contributed by atoms with van der Waals surface area (Å²) in [5.74, 6) is -0.509. The zero-order valence-corrected chi connectivity index (χ0v) is 22.7. The van der Waals surface area contributed by atoms with E-state index in [1.54, 1.807) is 12.1 Å². The van der Waals surface area contributed by atoms with Crippen LogP contribution in [-0.2, 0) is 24.8 Å². The molecule has 200 valence electrons. The SMILES string of the molecule is CC(=O)c1ccc(S(=O)(=O)N2CCN(C(=O)c3cccc(S(=O)(=O)N4C[C@H](C)O[C@@H](C)C4)c3)CC2)cc1. The number of carbonyl (C=O) groups excluding carboxylic acids is 2. The van der Waals surface area contributed by atoms with Crippen LogP contribution in [0.2, 0.25) is 0 Å². The van der Waals surface area contributed by atoms with Crippen molar-refractivity contribution < 1.29 is 31.2 Å². The van der Waals surface area contributed by atoms with Crippen LogP contribution >= 0.6 is 0 Å². The molecule has 2 atom stereocenters. The maximum absolute atomic E-state index is 13.2. The fourth-order valence-corrected chi connectivity index (χ4v) is 7.65. The largest absolute Gasteiger partial charge is 0.373 e. The fraction of sp³-hybridized carbons (Fsp3) is 0.440. The molecule has 1 amide bonds. The van der Waals surface area contributed by atoms with E-state index in [1.807, 2.05) is 13.8 Å². The Morgan fingerprint density at radius 1 is 0.757 bits per heavy atom. The molecule has 2 heterocycles. The zero-order valence-electron chi connectivity index (χ0n) is 21.0. The highest BCUT2D eigenvalue weighted by atomic mass is 32.2. The second-order valence-electron chi connectivity index (χ2n) is 9.38. The number of hydrogen-bond donors (Lipinski definition) is 0. The summed E-state index contributed by atoms with van der Waals surface area (Å²) in [6.07, 6.45) is -0.467. The average Bonchev–Trinajstić information content (AvgIpc) is 2.88. The average molecular weight is 550 g/mol. The molecular formula is C25H31N3O7S2. The summed E-state index contributed by atoms with van der Waals surface area (Å²) in [6.45, 7) is 6.05. The summed E-state index contributed by atoms with van der Waals surface area (Å²) < 4.78 is 60.8. The predicted molar refractivity (Wildman–Crippen MR) is 136 cm³/mol. The van der Waals surface area contributed by atoms with Gasteiger partial charge >= 0.3 is 0 Å². The topological polar surface area (TPSA) is 121 Å². The van der Waals surface area contributed by atoms with Gasteiger partial charge in [-0.05, 0) is 51.1 Å². The van der Waals surface area contributed by atoms with E-state index >= 15 is 0 Å². The number of ether oxygens (including phenoxy) is 1. The molecule has 0 N–H and O–H groups in total. The van der Waals surface area contributed by atoms with Crippen LogP contribution in [-0.4, -0.2) is 93.5 Å². The Labute approximate surface area is 217 Å². The van der Waals surface area contributed by atoms with Gasteiger partial charge < -0.3 is 9.64 Å². The number of ketones is 1. The highest BCUT2D eigenvalue weighted by molar-refractivity contribution is 7.89. The first-order valence-electron chi connectivity index (χ1n) is 12.1. The molecule has 0 unspecified atom stereocenters. The number of Topliss-reactive ketones (excluding diaryl/α,β-unsaturated/α-hetero) is 1. The van der Waals surface area contributed by atoms with Crippen molar-refractivity contribution in [1.82, 2.24) is 13.5 Å². The molecule has 0 spiro atoms. The number of amides is 1. The lowest BCUT2D eigenvalue weighted by molar-refractivity contribution is -0.0440. The number of benzene rings is 2. The van der Waals surface area contributed by atoms with Gasteiger partial charge in [-0.3, -0.25) is 9.59 Å². The second kappa shape index (κ2) is 10.6. The second-order valence-corrected chi connectivity index (χ2v) is 13.3. The van der Waals surface area contributed by atoms with Gasteiger partial charge in [0, 0.05) is 50.4 Å². The minimum atomic E-state index is -3.81. The Balaban J connectivity index is 1.44. The van der Waals surface area contributed by atoms with Crippen LogP contribution < -0.4 is 0 Å². The van der Waals surface area contributed by atoms with Crippen LogP contribution in [0.5, 0.6) is 0 Å². The van der Waals surface area contributed by atoms with Crippen LogP contribution in [0.1, 0.15) is 41.5 Å². The highest BCUT2D eigenvalue weighted by Crippen LogP contribution is 2.23. The number of nitrogens with zero attached hydrogens (tertiary/aromatic N) is 3. The molecule has 37 heavy (non-hydrogen) atoms. The maximum Gasteiger partial charge on any atom is 0.253 e. The highest BCUT2D eigenvalue weighted by Gasteiger charge is 2.34. The first kappa shape index (κ1) is 27.4. The number of hydrogen-bond acceptors (Lipinski definition) is 7. The van der Waals surface area contributed by atoms with E-state index < -0.39 is 20.0 Å². The smallest absolute Gasteiger partial charge is 0.253 e. The van der Waals surface area contributed by atoms with Crippen LogP contribution in [0.15, 0.2) is 58.3 Å². The van der Waals surface area contributed by atoms with Crippen molar-refractivity contribution in [2.75, 3.05) is 39.3 Å². The van der Waals surface area contributed by atoms with Gasteiger partial charge in [0.15, 0.2) is 5.78 Å². The number of rotatable bonds is 6. The molecule has 0 saturated carbocycles. The lowest BCUT2D eigenvalue weighted by Gasteiger charge is -2.35. The molecule has 10 nitrogen and oxygen atoms in total. The molecule has 2 fully saturated rings. The van der Waals surface area contributed by atoms with Gasteiger partial charge in [0.25, 0.3) is 5.91 Å². The van der Waals surface area contributed by atoms with Crippen molar-refractivity contribution in [2.24, 2.45) is 0 Å². The summed E-state index contributed by atoms with van der Waals surface area (Å²) in [7, 11) is -7.58. The molecule has 2 saturated heterocycles.